The molecule has 76 valence electrons. The fraction of sp³-hybridized carbons (Fsp3) is 0.600. The van der Waals surface area contributed by atoms with Crippen LogP contribution in [0.2, 0.25) is 0 Å². The van der Waals surface area contributed by atoms with Gasteiger partial charge in [-0.05, 0) is 19.8 Å². The van der Waals surface area contributed by atoms with Gasteiger partial charge in [0.05, 0.1) is 0 Å². The molecule has 0 saturated carbocycles. The lowest BCUT2D eigenvalue weighted by atomic mass is 9.96. The van der Waals surface area contributed by atoms with Gasteiger partial charge in [0, 0.05) is 30.9 Å². The highest BCUT2D eigenvalue weighted by molar-refractivity contribution is 5.47. The van der Waals surface area contributed by atoms with Crippen molar-refractivity contribution in [3.8, 4) is 0 Å². The second-order valence-electron chi connectivity index (χ2n) is 3.87. The average Bonchev–Trinajstić information content (AvgIpc) is 2.65. The van der Waals surface area contributed by atoms with Crippen LogP contribution in [-0.4, -0.2) is 34.4 Å². The van der Waals surface area contributed by atoms with Crippen LogP contribution in [0, 0.1) is 6.92 Å². The van der Waals surface area contributed by atoms with Crippen LogP contribution in [0.15, 0.2) is 6.20 Å². The molecule has 1 aromatic heterocycles. The van der Waals surface area contributed by atoms with Crippen molar-refractivity contribution in [2.24, 2.45) is 0 Å². The topological polar surface area (TPSA) is 49.0 Å². The van der Waals surface area contributed by atoms with E-state index >= 15 is 0 Å². The Hall–Kier alpha value is -1.32. The number of aromatic nitrogens is 2. The molecule has 0 spiro atoms. The Labute approximate surface area is 83.3 Å². The summed E-state index contributed by atoms with van der Waals surface area (Å²) < 4.78 is 0. The van der Waals surface area contributed by atoms with Crippen LogP contribution in [0.4, 0.5) is 0 Å². The van der Waals surface area contributed by atoms with E-state index in [0.717, 1.165) is 43.9 Å². The molecule has 0 radical (unpaired) electrons. The van der Waals surface area contributed by atoms with Crippen LogP contribution >= 0.6 is 0 Å². The Balaban J connectivity index is 1.98. The minimum absolute atomic E-state index is 0.500. The summed E-state index contributed by atoms with van der Waals surface area (Å²) >= 11 is 0. The molecule has 2 rings (SSSR count). The van der Waals surface area contributed by atoms with Crippen molar-refractivity contribution in [1.29, 1.82) is 0 Å². The lowest BCUT2D eigenvalue weighted by molar-refractivity contribution is -0.119. The Morgan fingerprint density at radius 3 is 2.79 bits per heavy atom. The summed E-state index contributed by atoms with van der Waals surface area (Å²) in [5, 5.41) is 0. The number of carbonyl (C=O) groups excluding carboxylic acids is 1. The number of rotatable bonds is 2. The van der Waals surface area contributed by atoms with Crippen molar-refractivity contribution >= 4 is 6.41 Å². The molecule has 4 heteroatoms. The molecule has 0 atom stereocenters. The van der Waals surface area contributed by atoms with Crippen LogP contribution in [0.3, 0.4) is 0 Å². The second kappa shape index (κ2) is 3.82. The first-order valence-corrected chi connectivity index (χ1v) is 5.00. The van der Waals surface area contributed by atoms with Crippen molar-refractivity contribution in [2.45, 2.75) is 25.7 Å². The molecule has 0 aliphatic carbocycles. The molecule has 1 saturated heterocycles. The van der Waals surface area contributed by atoms with Crippen LogP contribution in [-0.2, 0) is 4.79 Å². The quantitative estimate of drug-likeness (QED) is 0.714. The van der Waals surface area contributed by atoms with Gasteiger partial charge < -0.3 is 9.88 Å². The Bertz CT molecular complexity index is 313. The number of likely N-dealkylation sites (tertiary alicyclic amines) is 1. The molecule has 1 aromatic rings. The second-order valence-corrected chi connectivity index (χ2v) is 3.87. The number of imidazole rings is 1. The number of carbonyl (C=O) groups is 1. The number of nitrogens with zero attached hydrogens (tertiary/aromatic N) is 2. The van der Waals surface area contributed by atoms with Gasteiger partial charge in [0.25, 0.3) is 0 Å². The molecule has 14 heavy (non-hydrogen) atoms. The van der Waals surface area contributed by atoms with E-state index in [4.69, 9.17) is 0 Å². The normalized spacial score (nSPS) is 18.5. The minimum Gasteiger partial charge on any atom is -0.346 e. The number of nitrogens with one attached hydrogen (secondary N) is 1. The third kappa shape index (κ3) is 1.78. The number of piperidine rings is 1. The zero-order valence-corrected chi connectivity index (χ0v) is 8.36. The molecular weight excluding hydrogens is 178 g/mol. The first-order chi connectivity index (χ1) is 6.79. The van der Waals surface area contributed by atoms with Gasteiger partial charge in [-0.1, -0.05) is 0 Å². The summed E-state index contributed by atoms with van der Waals surface area (Å²) in [5.74, 6) is 1.58. The predicted octanol–water partition coefficient (Wildman–Crippen LogP) is 1.05. The van der Waals surface area contributed by atoms with Gasteiger partial charge in [-0.3, -0.25) is 4.79 Å². The summed E-state index contributed by atoms with van der Waals surface area (Å²) in [6.45, 7) is 3.72. The monoisotopic (exact) mass is 193 g/mol. The standard InChI is InChI=1S/C10H15N3O/c1-8-6-11-10(12-8)9-2-4-13(7-14)5-3-9/h6-7,9H,2-5H2,1H3,(H,11,12). The van der Waals surface area contributed by atoms with E-state index in [1.54, 1.807) is 0 Å². The first-order valence-electron chi connectivity index (χ1n) is 5.00. The van der Waals surface area contributed by atoms with E-state index < -0.39 is 0 Å². The molecule has 0 bridgehead atoms. The Morgan fingerprint density at radius 2 is 2.29 bits per heavy atom. The molecule has 4 nitrogen and oxygen atoms in total. The van der Waals surface area contributed by atoms with Crippen molar-refractivity contribution in [3.05, 3.63) is 17.7 Å². The maximum Gasteiger partial charge on any atom is 0.209 e. The Kier molecular flexibility index (Phi) is 2.52. The van der Waals surface area contributed by atoms with E-state index in [1.165, 1.54) is 0 Å². The van der Waals surface area contributed by atoms with E-state index in [1.807, 2.05) is 18.0 Å². The smallest absolute Gasteiger partial charge is 0.209 e. The van der Waals surface area contributed by atoms with Gasteiger partial charge in [-0.25, -0.2) is 4.98 Å². The number of aryl methyl sites for hydroxylation is 1. The van der Waals surface area contributed by atoms with Gasteiger partial charge in [-0.15, -0.1) is 0 Å². The highest BCUT2D eigenvalue weighted by Crippen LogP contribution is 2.24. The maximum atomic E-state index is 10.5. The number of aromatic amines is 1. The molecule has 1 fully saturated rings. The van der Waals surface area contributed by atoms with E-state index in [2.05, 4.69) is 9.97 Å². The van der Waals surface area contributed by atoms with Crippen LogP contribution < -0.4 is 0 Å². The fourth-order valence-corrected chi connectivity index (χ4v) is 1.92. The van der Waals surface area contributed by atoms with Gasteiger partial charge in [0.15, 0.2) is 0 Å². The fourth-order valence-electron chi connectivity index (χ4n) is 1.92. The number of amides is 1. The van der Waals surface area contributed by atoms with Crippen LogP contribution in [0.5, 0.6) is 0 Å². The zero-order chi connectivity index (χ0) is 9.97. The molecule has 0 aromatic carbocycles. The Morgan fingerprint density at radius 1 is 1.57 bits per heavy atom. The molecule has 1 aliphatic rings. The summed E-state index contributed by atoms with van der Waals surface area (Å²) in [6, 6.07) is 0. The maximum absolute atomic E-state index is 10.5. The van der Waals surface area contributed by atoms with Crippen molar-refractivity contribution in [2.75, 3.05) is 13.1 Å². The van der Waals surface area contributed by atoms with E-state index in [-0.39, 0.29) is 0 Å². The van der Waals surface area contributed by atoms with Crippen LogP contribution in [0.25, 0.3) is 0 Å². The third-order valence-electron chi connectivity index (χ3n) is 2.79. The highest BCUT2D eigenvalue weighted by atomic mass is 16.1. The summed E-state index contributed by atoms with van der Waals surface area (Å²) in [7, 11) is 0. The third-order valence-corrected chi connectivity index (χ3v) is 2.79. The minimum atomic E-state index is 0.500. The van der Waals surface area contributed by atoms with E-state index in [0.29, 0.717) is 5.92 Å². The summed E-state index contributed by atoms with van der Waals surface area (Å²) in [6.07, 6.45) is 4.84. The SMILES string of the molecule is Cc1cnc(C2CCN(C=O)CC2)[nH]1. The molecule has 1 amide bonds. The molecular formula is C10H15N3O. The highest BCUT2D eigenvalue weighted by Gasteiger charge is 2.21. The lowest BCUT2D eigenvalue weighted by Gasteiger charge is -2.27. The first kappa shape index (κ1) is 9.24. The average molecular weight is 193 g/mol. The van der Waals surface area contributed by atoms with E-state index in [9.17, 15) is 4.79 Å². The lowest BCUT2D eigenvalue weighted by Crippen LogP contribution is -2.31. The van der Waals surface area contributed by atoms with Gasteiger partial charge in [-0.2, -0.15) is 0 Å². The van der Waals surface area contributed by atoms with Crippen molar-refractivity contribution < 1.29 is 4.79 Å². The molecule has 2 heterocycles. The number of hydrogen-bond donors (Lipinski definition) is 1. The largest absolute Gasteiger partial charge is 0.346 e. The number of H-pyrrole nitrogens is 1. The zero-order valence-electron chi connectivity index (χ0n) is 8.36. The van der Waals surface area contributed by atoms with Crippen molar-refractivity contribution in [1.82, 2.24) is 14.9 Å². The van der Waals surface area contributed by atoms with Gasteiger partial charge in [0.2, 0.25) is 6.41 Å². The molecule has 1 N–H and O–H groups in total. The summed E-state index contributed by atoms with van der Waals surface area (Å²) in [4.78, 5) is 19.9. The van der Waals surface area contributed by atoms with Crippen molar-refractivity contribution in [3.63, 3.8) is 0 Å². The summed E-state index contributed by atoms with van der Waals surface area (Å²) in [5.41, 5.74) is 1.11. The molecule has 0 unspecified atom stereocenters. The molecule has 1 aliphatic heterocycles. The van der Waals surface area contributed by atoms with Gasteiger partial charge in [0.1, 0.15) is 5.82 Å². The predicted molar refractivity (Wildman–Crippen MR) is 52.9 cm³/mol. The number of hydrogen-bond acceptors (Lipinski definition) is 2. The van der Waals surface area contributed by atoms with Gasteiger partial charge >= 0.3 is 0 Å². The van der Waals surface area contributed by atoms with Crippen LogP contribution in [0.1, 0.15) is 30.3 Å².